The number of hydrogen-bond acceptors (Lipinski definition) is 4. The average molecular weight is 283 g/mol. The summed E-state index contributed by atoms with van der Waals surface area (Å²) < 4.78 is 5.80. The van der Waals surface area contributed by atoms with Crippen molar-refractivity contribution in [3.8, 4) is 5.75 Å². The molecule has 1 aliphatic rings. The van der Waals surface area contributed by atoms with Gasteiger partial charge in [-0.3, -0.25) is 9.97 Å². The van der Waals surface area contributed by atoms with Gasteiger partial charge in [-0.05, 0) is 43.5 Å². The fourth-order valence-electron chi connectivity index (χ4n) is 2.26. The lowest BCUT2D eigenvalue weighted by molar-refractivity contribution is 0.303. The van der Waals surface area contributed by atoms with Crippen LogP contribution in [0.2, 0.25) is 0 Å². The second kappa shape index (κ2) is 6.68. The maximum atomic E-state index is 5.80. The second-order valence-electron chi connectivity index (χ2n) is 5.40. The number of aromatic nitrogens is 2. The second-order valence-corrected chi connectivity index (χ2v) is 5.40. The SMILES string of the molecule is CCCNC(c1ccc(OC2CC2)cc1)c1cnccn1. The van der Waals surface area contributed by atoms with E-state index in [9.17, 15) is 0 Å². The zero-order chi connectivity index (χ0) is 14.5. The normalized spacial score (nSPS) is 15.7. The van der Waals surface area contributed by atoms with Crippen molar-refractivity contribution in [2.75, 3.05) is 6.54 Å². The maximum Gasteiger partial charge on any atom is 0.119 e. The van der Waals surface area contributed by atoms with Gasteiger partial charge in [0.2, 0.25) is 0 Å². The summed E-state index contributed by atoms with van der Waals surface area (Å²) in [4.78, 5) is 8.61. The van der Waals surface area contributed by atoms with Crippen molar-refractivity contribution in [1.29, 1.82) is 0 Å². The van der Waals surface area contributed by atoms with E-state index in [0.29, 0.717) is 6.10 Å². The summed E-state index contributed by atoms with van der Waals surface area (Å²) in [5, 5.41) is 3.53. The van der Waals surface area contributed by atoms with Crippen LogP contribution in [0.4, 0.5) is 0 Å². The molecule has 110 valence electrons. The third kappa shape index (κ3) is 3.79. The van der Waals surface area contributed by atoms with E-state index >= 15 is 0 Å². The van der Waals surface area contributed by atoms with Crippen LogP contribution in [0.25, 0.3) is 0 Å². The summed E-state index contributed by atoms with van der Waals surface area (Å²) in [6.07, 6.45) is 9.14. The van der Waals surface area contributed by atoms with Crippen LogP contribution in [0, 0.1) is 0 Å². The van der Waals surface area contributed by atoms with Gasteiger partial charge in [-0.1, -0.05) is 19.1 Å². The Morgan fingerprint density at radius 1 is 1.24 bits per heavy atom. The molecule has 3 rings (SSSR count). The summed E-state index contributed by atoms with van der Waals surface area (Å²) in [7, 11) is 0. The van der Waals surface area contributed by atoms with Crippen LogP contribution in [-0.4, -0.2) is 22.6 Å². The number of rotatable bonds is 7. The number of nitrogens with zero attached hydrogens (tertiary/aromatic N) is 2. The van der Waals surface area contributed by atoms with Gasteiger partial charge in [0.1, 0.15) is 5.75 Å². The van der Waals surface area contributed by atoms with E-state index in [1.54, 1.807) is 12.4 Å². The molecule has 21 heavy (non-hydrogen) atoms. The Hall–Kier alpha value is -1.94. The molecule has 1 aromatic heterocycles. The molecule has 2 aromatic rings. The van der Waals surface area contributed by atoms with E-state index in [1.165, 1.54) is 18.4 Å². The monoisotopic (exact) mass is 283 g/mol. The first-order valence-electron chi connectivity index (χ1n) is 7.62. The van der Waals surface area contributed by atoms with E-state index in [0.717, 1.165) is 24.4 Å². The first-order valence-corrected chi connectivity index (χ1v) is 7.62. The highest BCUT2D eigenvalue weighted by molar-refractivity contribution is 5.33. The van der Waals surface area contributed by atoms with Crippen LogP contribution in [0.5, 0.6) is 5.75 Å². The van der Waals surface area contributed by atoms with Crippen molar-refractivity contribution in [1.82, 2.24) is 15.3 Å². The fraction of sp³-hybridized carbons (Fsp3) is 0.412. The van der Waals surface area contributed by atoms with Crippen LogP contribution >= 0.6 is 0 Å². The molecular formula is C17H21N3O. The van der Waals surface area contributed by atoms with Gasteiger partial charge in [0.05, 0.1) is 24.0 Å². The molecule has 4 heteroatoms. The zero-order valence-electron chi connectivity index (χ0n) is 12.3. The largest absolute Gasteiger partial charge is 0.490 e. The van der Waals surface area contributed by atoms with Crippen molar-refractivity contribution >= 4 is 0 Å². The molecule has 0 spiro atoms. The van der Waals surface area contributed by atoms with Gasteiger partial charge in [-0.2, -0.15) is 0 Å². The van der Waals surface area contributed by atoms with Crippen LogP contribution < -0.4 is 10.1 Å². The Morgan fingerprint density at radius 2 is 2.05 bits per heavy atom. The number of ether oxygens (including phenoxy) is 1. The van der Waals surface area contributed by atoms with Gasteiger partial charge < -0.3 is 10.1 Å². The van der Waals surface area contributed by atoms with Gasteiger partial charge in [-0.15, -0.1) is 0 Å². The molecule has 1 fully saturated rings. The van der Waals surface area contributed by atoms with Crippen molar-refractivity contribution in [3.63, 3.8) is 0 Å². The minimum atomic E-state index is 0.0774. The molecule has 1 aliphatic carbocycles. The predicted octanol–water partition coefficient (Wildman–Crippen LogP) is 3.11. The number of nitrogens with one attached hydrogen (secondary N) is 1. The van der Waals surface area contributed by atoms with Crippen LogP contribution in [0.1, 0.15) is 43.5 Å². The summed E-state index contributed by atoms with van der Waals surface area (Å²) in [6, 6.07) is 8.39. The first kappa shape index (κ1) is 14.0. The topological polar surface area (TPSA) is 47.0 Å². The predicted molar refractivity (Wildman–Crippen MR) is 82.3 cm³/mol. The molecule has 0 saturated heterocycles. The molecule has 1 heterocycles. The molecular weight excluding hydrogens is 262 g/mol. The maximum absolute atomic E-state index is 5.80. The summed E-state index contributed by atoms with van der Waals surface area (Å²) in [5.41, 5.74) is 2.13. The molecule has 4 nitrogen and oxygen atoms in total. The molecule has 1 aromatic carbocycles. The third-order valence-corrected chi connectivity index (χ3v) is 3.52. The van der Waals surface area contributed by atoms with E-state index < -0.39 is 0 Å². The van der Waals surface area contributed by atoms with Gasteiger partial charge in [-0.25, -0.2) is 0 Å². The Morgan fingerprint density at radius 3 is 2.67 bits per heavy atom. The van der Waals surface area contributed by atoms with Crippen LogP contribution in [-0.2, 0) is 0 Å². The van der Waals surface area contributed by atoms with E-state index in [4.69, 9.17) is 4.74 Å². The minimum Gasteiger partial charge on any atom is -0.490 e. The van der Waals surface area contributed by atoms with Crippen LogP contribution in [0.3, 0.4) is 0 Å². The smallest absolute Gasteiger partial charge is 0.119 e. The Bertz CT molecular complexity index is 552. The summed E-state index contributed by atoms with van der Waals surface area (Å²) in [6.45, 7) is 3.11. The molecule has 1 unspecified atom stereocenters. The van der Waals surface area contributed by atoms with E-state index in [-0.39, 0.29) is 6.04 Å². The minimum absolute atomic E-state index is 0.0774. The van der Waals surface area contributed by atoms with Gasteiger partial charge >= 0.3 is 0 Å². The quantitative estimate of drug-likeness (QED) is 0.848. The summed E-state index contributed by atoms with van der Waals surface area (Å²) in [5.74, 6) is 0.953. The van der Waals surface area contributed by atoms with Gasteiger partial charge in [0.15, 0.2) is 0 Å². The van der Waals surface area contributed by atoms with E-state index in [1.807, 2.05) is 18.3 Å². The van der Waals surface area contributed by atoms with Gasteiger partial charge in [0, 0.05) is 12.4 Å². The molecule has 1 N–H and O–H groups in total. The van der Waals surface area contributed by atoms with Crippen molar-refractivity contribution < 1.29 is 4.74 Å². The van der Waals surface area contributed by atoms with Crippen molar-refractivity contribution in [2.45, 2.75) is 38.3 Å². The standard InChI is InChI=1S/C17H21N3O/c1-2-9-20-17(16-12-18-10-11-19-16)13-3-5-14(6-4-13)21-15-7-8-15/h3-6,10-12,15,17,20H,2,7-9H2,1H3. The zero-order valence-corrected chi connectivity index (χ0v) is 12.3. The molecule has 1 saturated carbocycles. The lowest BCUT2D eigenvalue weighted by Crippen LogP contribution is -2.24. The fourth-order valence-corrected chi connectivity index (χ4v) is 2.26. The third-order valence-electron chi connectivity index (χ3n) is 3.52. The Kier molecular flexibility index (Phi) is 4.46. The molecule has 0 aliphatic heterocycles. The lowest BCUT2D eigenvalue weighted by Gasteiger charge is -2.18. The highest BCUT2D eigenvalue weighted by Crippen LogP contribution is 2.28. The average Bonchev–Trinajstić information content (AvgIpc) is 3.34. The van der Waals surface area contributed by atoms with Crippen molar-refractivity contribution in [3.05, 3.63) is 54.1 Å². The van der Waals surface area contributed by atoms with E-state index in [2.05, 4.69) is 34.3 Å². The molecule has 1 atom stereocenters. The van der Waals surface area contributed by atoms with Crippen LogP contribution in [0.15, 0.2) is 42.9 Å². The lowest BCUT2D eigenvalue weighted by atomic mass is 10.0. The number of benzene rings is 1. The molecule has 0 amide bonds. The van der Waals surface area contributed by atoms with Gasteiger partial charge in [0.25, 0.3) is 0 Å². The highest BCUT2D eigenvalue weighted by Gasteiger charge is 2.23. The van der Waals surface area contributed by atoms with Crippen molar-refractivity contribution in [2.24, 2.45) is 0 Å². The highest BCUT2D eigenvalue weighted by atomic mass is 16.5. The number of hydrogen-bond donors (Lipinski definition) is 1. The Labute approximate surface area is 125 Å². The molecule has 0 radical (unpaired) electrons. The summed E-state index contributed by atoms with van der Waals surface area (Å²) >= 11 is 0. The molecule has 0 bridgehead atoms. The Balaban J connectivity index is 1.78. The first-order chi connectivity index (χ1) is 10.4.